The van der Waals surface area contributed by atoms with E-state index in [1.807, 2.05) is 36.9 Å². The third-order valence-corrected chi connectivity index (χ3v) is 3.15. The zero-order chi connectivity index (χ0) is 12.0. The molecule has 0 atom stereocenters. The van der Waals surface area contributed by atoms with Gasteiger partial charge in [-0.05, 0) is 37.8 Å². The lowest BCUT2D eigenvalue weighted by atomic mass is 10.1. The second-order valence-corrected chi connectivity index (χ2v) is 4.72. The molecule has 0 saturated heterocycles. The van der Waals surface area contributed by atoms with E-state index < -0.39 is 0 Å². The zero-order valence-corrected chi connectivity index (χ0v) is 10.9. The van der Waals surface area contributed by atoms with E-state index in [9.17, 15) is 4.79 Å². The minimum Gasteiger partial charge on any atom is -0.494 e. The third-order valence-electron chi connectivity index (χ3n) is 2.23. The summed E-state index contributed by atoms with van der Waals surface area (Å²) in [6.07, 6.45) is 0. The molecule has 2 nitrogen and oxygen atoms in total. The van der Waals surface area contributed by atoms with Crippen molar-refractivity contribution in [1.82, 2.24) is 0 Å². The molecule has 0 N–H and O–H groups in total. The van der Waals surface area contributed by atoms with E-state index in [4.69, 9.17) is 4.74 Å². The first-order valence-electron chi connectivity index (χ1n) is 5.53. The van der Waals surface area contributed by atoms with Crippen LogP contribution in [0.15, 0.2) is 18.2 Å². The Kier molecular flexibility index (Phi) is 5.39. The van der Waals surface area contributed by atoms with Crippen LogP contribution in [0.4, 0.5) is 0 Å². The molecule has 0 aromatic heterocycles. The quantitative estimate of drug-likeness (QED) is 0.709. The molecule has 0 amide bonds. The fraction of sp³-hybridized carbons (Fsp3) is 0.462. The van der Waals surface area contributed by atoms with Crippen LogP contribution in [-0.2, 0) is 5.75 Å². The summed E-state index contributed by atoms with van der Waals surface area (Å²) in [5, 5.41) is 0. The number of thioether (sulfide) groups is 1. The van der Waals surface area contributed by atoms with Crippen molar-refractivity contribution < 1.29 is 9.53 Å². The normalized spacial score (nSPS) is 10.2. The van der Waals surface area contributed by atoms with Crippen molar-refractivity contribution in [2.75, 3.05) is 12.4 Å². The Hall–Kier alpha value is -0.960. The molecule has 0 aliphatic heterocycles. The van der Waals surface area contributed by atoms with Crippen molar-refractivity contribution in [2.45, 2.75) is 26.5 Å². The van der Waals surface area contributed by atoms with Gasteiger partial charge in [-0.2, -0.15) is 11.8 Å². The van der Waals surface area contributed by atoms with Gasteiger partial charge < -0.3 is 4.74 Å². The maximum Gasteiger partial charge on any atom is 0.159 e. The van der Waals surface area contributed by atoms with Crippen molar-refractivity contribution >= 4 is 17.5 Å². The highest BCUT2D eigenvalue weighted by Crippen LogP contribution is 2.25. The van der Waals surface area contributed by atoms with Gasteiger partial charge in [-0.3, -0.25) is 4.79 Å². The predicted octanol–water partition coefficient (Wildman–Crippen LogP) is 3.54. The van der Waals surface area contributed by atoms with Crippen LogP contribution in [0.25, 0.3) is 0 Å². The number of Topliss-reactive ketones (excluding diaryl/α,β-unsaturated/α-hetero) is 1. The molecule has 0 saturated carbocycles. The Labute approximate surface area is 101 Å². The van der Waals surface area contributed by atoms with Crippen molar-refractivity contribution in [3.8, 4) is 5.75 Å². The molecule has 0 fully saturated rings. The van der Waals surface area contributed by atoms with E-state index in [0.717, 1.165) is 28.4 Å². The van der Waals surface area contributed by atoms with Gasteiger partial charge in [0.25, 0.3) is 0 Å². The van der Waals surface area contributed by atoms with Crippen molar-refractivity contribution in [3.05, 3.63) is 29.3 Å². The number of benzene rings is 1. The van der Waals surface area contributed by atoms with Crippen LogP contribution in [0, 0.1) is 0 Å². The lowest BCUT2D eigenvalue weighted by Gasteiger charge is -2.10. The molecular weight excluding hydrogens is 220 g/mol. The smallest absolute Gasteiger partial charge is 0.159 e. The number of rotatable bonds is 6. The Bertz CT molecular complexity index is 361. The summed E-state index contributed by atoms with van der Waals surface area (Å²) < 4.78 is 5.54. The second-order valence-electron chi connectivity index (χ2n) is 3.45. The van der Waals surface area contributed by atoms with Crippen molar-refractivity contribution in [2.24, 2.45) is 0 Å². The number of carbonyl (C=O) groups is 1. The van der Waals surface area contributed by atoms with Crippen LogP contribution in [0.1, 0.15) is 36.7 Å². The molecule has 0 aliphatic carbocycles. The SMILES string of the molecule is CCOc1ccc(C(C)=O)cc1CSCC. The van der Waals surface area contributed by atoms with Gasteiger partial charge in [0.2, 0.25) is 0 Å². The van der Waals surface area contributed by atoms with Gasteiger partial charge in [0.05, 0.1) is 6.61 Å². The highest BCUT2D eigenvalue weighted by atomic mass is 32.2. The number of hydrogen-bond donors (Lipinski definition) is 0. The molecule has 3 heteroatoms. The van der Waals surface area contributed by atoms with E-state index in [1.165, 1.54) is 0 Å². The lowest BCUT2D eigenvalue weighted by molar-refractivity contribution is 0.101. The van der Waals surface area contributed by atoms with Crippen LogP contribution in [0.3, 0.4) is 0 Å². The first kappa shape index (κ1) is 13.1. The van der Waals surface area contributed by atoms with E-state index in [-0.39, 0.29) is 5.78 Å². The van der Waals surface area contributed by atoms with Gasteiger partial charge in [-0.25, -0.2) is 0 Å². The molecule has 16 heavy (non-hydrogen) atoms. The molecule has 88 valence electrons. The minimum atomic E-state index is 0.103. The average molecular weight is 238 g/mol. The molecule has 1 aromatic carbocycles. The van der Waals surface area contributed by atoms with Crippen LogP contribution in [0.5, 0.6) is 5.75 Å². The summed E-state index contributed by atoms with van der Waals surface area (Å²) in [5.74, 6) is 2.96. The van der Waals surface area contributed by atoms with E-state index in [0.29, 0.717) is 6.61 Å². The van der Waals surface area contributed by atoms with Gasteiger partial charge in [0.1, 0.15) is 5.75 Å². The van der Waals surface area contributed by atoms with Gasteiger partial charge in [-0.15, -0.1) is 0 Å². The molecule has 0 spiro atoms. The summed E-state index contributed by atoms with van der Waals surface area (Å²) in [5.41, 5.74) is 1.87. The molecular formula is C13H18O2S. The molecule has 0 unspecified atom stereocenters. The van der Waals surface area contributed by atoms with Crippen LogP contribution >= 0.6 is 11.8 Å². The summed E-state index contributed by atoms with van der Waals surface area (Å²) in [4.78, 5) is 11.3. The van der Waals surface area contributed by atoms with Crippen LogP contribution < -0.4 is 4.74 Å². The standard InChI is InChI=1S/C13H18O2S/c1-4-15-13-7-6-11(10(3)14)8-12(13)9-16-5-2/h6-8H,4-5,9H2,1-3H3. The van der Waals surface area contributed by atoms with Gasteiger partial charge in [0.15, 0.2) is 5.78 Å². The maximum absolute atomic E-state index is 11.3. The molecule has 0 bridgehead atoms. The Morgan fingerprint density at radius 2 is 2.12 bits per heavy atom. The second kappa shape index (κ2) is 6.59. The molecule has 0 aliphatic rings. The maximum atomic E-state index is 11.3. The monoisotopic (exact) mass is 238 g/mol. The summed E-state index contributed by atoms with van der Waals surface area (Å²) in [7, 11) is 0. The van der Waals surface area contributed by atoms with Crippen molar-refractivity contribution in [3.63, 3.8) is 0 Å². The number of ether oxygens (including phenoxy) is 1. The van der Waals surface area contributed by atoms with Gasteiger partial charge in [0, 0.05) is 16.9 Å². The highest BCUT2D eigenvalue weighted by Gasteiger charge is 2.07. The topological polar surface area (TPSA) is 26.3 Å². The Morgan fingerprint density at radius 1 is 1.38 bits per heavy atom. The fourth-order valence-corrected chi connectivity index (χ4v) is 2.07. The summed E-state index contributed by atoms with van der Waals surface area (Å²) in [6, 6.07) is 5.66. The highest BCUT2D eigenvalue weighted by molar-refractivity contribution is 7.98. The first-order valence-corrected chi connectivity index (χ1v) is 6.68. The number of ketones is 1. The van der Waals surface area contributed by atoms with Crippen LogP contribution in [0.2, 0.25) is 0 Å². The Balaban J connectivity index is 2.95. The van der Waals surface area contributed by atoms with Gasteiger partial charge in [-0.1, -0.05) is 6.92 Å². The number of hydrogen-bond acceptors (Lipinski definition) is 3. The van der Waals surface area contributed by atoms with E-state index >= 15 is 0 Å². The van der Waals surface area contributed by atoms with Crippen LogP contribution in [-0.4, -0.2) is 18.1 Å². The van der Waals surface area contributed by atoms with E-state index in [1.54, 1.807) is 6.92 Å². The largest absolute Gasteiger partial charge is 0.494 e. The summed E-state index contributed by atoms with van der Waals surface area (Å²) >= 11 is 1.83. The average Bonchev–Trinajstić information content (AvgIpc) is 2.27. The number of carbonyl (C=O) groups excluding carboxylic acids is 1. The van der Waals surface area contributed by atoms with Crippen molar-refractivity contribution in [1.29, 1.82) is 0 Å². The third kappa shape index (κ3) is 3.56. The fourth-order valence-electron chi connectivity index (χ4n) is 1.42. The lowest BCUT2D eigenvalue weighted by Crippen LogP contribution is -1.99. The molecule has 0 radical (unpaired) electrons. The Morgan fingerprint density at radius 3 is 2.69 bits per heavy atom. The first-order chi connectivity index (χ1) is 7.69. The molecule has 1 aromatic rings. The van der Waals surface area contributed by atoms with Gasteiger partial charge >= 0.3 is 0 Å². The van der Waals surface area contributed by atoms with E-state index in [2.05, 4.69) is 6.92 Å². The summed E-state index contributed by atoms with van der Waals surface area (Å²) in [6.45, 7) is 6.34. The molecule has 0 heterocycles. The minimum absolute atomic E-state index is 0.103. The molecule has 1 rings (SSSR count). The predicted molar refractivity (Wildman–Crippen MR) is 69.5 cm³/mol. The zero-order valence-electron chi connectivity index (χ0n) is 10.1.